The number of aryl methyl sites for hydroxylation is 2. The maximum absolute atomic E-state index is 11.6. The maximum Gasteiger partial charge on any atom is 0.219 e. The highest BCUT2D eigenvalue weighted by Crippen LogP contribution is 2.22. The van der Waals surface area contributed by atoms with E-state index in [1.54, 1.807) is 6.92 Å². The summed E-state index contributed by atoms with van der Waals surface area (Å²) in [5.74, 6) is 0.188. The molecule has 2 aromatic rings. The fraction of sp³-hybridized carbons (Fsp3) is 0.421. The summed E-state index contributed by atoms with van der Waals surface area (Å²) in [6.45, 7) is 4.64. The van der Waals surface area contributed by atoms with Gasteiger partial charge >= 0.3 is 0 Å². The van der Waals surface area contributed by atoms with E-state index in [0.29, 0.717) is 6.04 Å². The molecule has 120 valence electrons. The topological polar surface area (TPSA) is 46.1 Å². The van der Waals surface area contributed by atoms with Crippen molar-refractivity contribution in [3.8, 4) is 11.3 Å². The Morgan fingerprint density at radius 3 is 2.61 bits per heavy atom. The van der Waals surface area contributed by atoms with Gasteiger partial charge < -0.3 is 4.90 Å². The molecule has 4 heteroatoms. The molecule has 3 rings (SSSR count). The number of rotatable bonds is 4. The molecular weight excluding hydrogens is 286 g/mol. The van der Waals surface area contributed by atoms with Gasteiger partial charge in [-0.15, -0.1) is 0 Å². The van der Waals surface area contributed by atoms with E-state index >= 15 is 0 Å². The fourth-order valence-corrected chi connectivity index (χ4v) is 3.24. The fourth-order valence-electron chi connectivity index (χ4n) is 3.24. The first-order valence-electron chi connectivity index (χ1n) is 8.30. The van der Waals surface area contributed by atoms with Gasteiger partial charge in [-0.3, -0.25) is 4.79 Å². The third-order valence-corrected chi connectivity index (χ3v) is 4.58. The zero-order chi connectivity index (χ0) is 16.2. The van der Waals surface area contributed by atoms with Crippen LogP contribution in [0.4, 0.5) is 0 Å². The van der Waals surface area contributed by atoms with E-state index in [-0.39, 0.29) is 5.91 Å². The molecule has 1 amide bonds. The first-order chi connectivity index (χ1) is 11.1. The second-order valence-corrected chi connectivity index (χ2v) is 6.32. The van der Waals surface area contributed by atoms with E-state index in [2.05, 4.69) is 47.5 Å². The lowest BCUT2D eigenvalue weighted by atomic mass is 10.1. The Kier molecular flexibility index (Phi) is 4.70. The largest absolute Gasteiger partial charge is 0.340 e. The smallest absolute Gasteiger partial charge is 0.219 e. The molecule has 0 unspecified atom stereocenters. The Labute approximate surface area is 137 Å². The minimum atomic E-state index is 0.188. The van der Waals surface area contributed by atoms with Gasteiger partial charge in [0, 0.05) is 25.1 Å². The molecule has 1 fully saturated rings. The number of hydrogen-bond acceptors (Lipinski definition) is 3. The summed E-state index contributed by atoms with van der Waals surface area (Å²) in [5.41, 5.74) is 4.23. The van der Waals surface area contributed by atoms with Gasteiger partial charge in [-0.05, 0) is 44.7 Å². The van der Waals surface area contributed by atoms with Crippen LogP contribution in [0.2, 0.25) is 0 Å². The Bertz CT molecular complexity index is 664. The Balaban J connectivity index is 1.61. The molecule has 2 heterocycles. The van der Waals surface area contributed by atoms with Crippen molar-refractivity contribution in [1.82, 2.24) is 15.1 Å². The van der Waals surface area contributed by atoms with Crippen LogP contribution in [0.1, 0.15) is 37.4 Å². The minimum absolute atomic E-state index is 0.188. The number of benzene rings is 1. The summed E-state index contributed by atoms with van der Waals surface area (Å²) >= 11 is 0. The highest BCUT2D eigenvalue weighted by atomic mass is 16.2. The first-order valence-corrected chi connectivity index (χ1v) is 8.30. The third kappa shape index (κ3) is 3.76. The second kappa shape index (κ2) is 6.90. The average Bonchev–Trinajstić information content (AvgIpc) is 3.03. The van der Waals surface area contributed by atoms with Crippen LogP contribution in [-0.4, -0.2) is 33.6 Å². The molecule has 1 saturated heterocycles. The third-order valence-electron chi connectivity index (χ3n) is 4.58. The lowest BCUT2D eigenvalue weighted by molar-refractivity contribution is -0.129. The summed E-state index contributed by atoms with van der Waals surface area (Å²) in [6, 6.07) is 12.8. The molecule has 1 aromatic carbocycles. The van der Waals surface area contributed by atoms with Crippen molar-refractivity contribution in [2.45, 2.75) is 45.6 Å². The van der Waals surface area contributed by atoms with Crippen LogP contribution in [0.15, 0.2) is 36.4 Å². The number of carbonyl (C=O) groups is 1. The van der Waals surface area contributed by atoms with Crippen molar-refractivity contribution in [3.63, 3.8) is 0 Å². The molecule has 0 spiro atoms. The molecule has 23 heavy (non-hydrogen) atoms. The van der Waals surface area contributed by atoms with Gasteiger partial charge in [0.15, 0.2) is 0 Å². The molecule has 4 nitrogen and oxygen atoms in total. The number of carbonyl (C=O) groups excluding carboxylic acids is 1. The first kappa shape index (κ1) is 15.7. The Hall–Kier alpha value is -2.23. The van der Waals surface area contributed by atoms with Crippen LogP contribution >= 0.6 is 0 Å². The molecule has 1 aliphatic rings. The predicted molar refractivity (Wildman–Crippen MR) is 90.9 cm³/mol. The predicted octanol–water partition coefficient (Wildman–Crippen LogP) is 3.40. The molecule has 0 saturated carbocycles. The number of nitrogens with zero attached hydrogens (tertiary/aromatic N) is 3. The number of likely N-dealkylation sites (tertiary alicyclic amines) is 1. The molecule has 0 N–H and O–H groups in total. The number of hydrogen-bond donors (Lipinski definition) is 0. The molecule has 0 bridgehead atoms. The summed E-state index contributed by atoms with van der Waals surface area (Å²) in [6.07, 6.45) is 4.06. The Morgan fingerprint density at radius 1 is 1.17 bits per heavy atom. The lowest BCUT2D eigenvalue weighted by Gasteiger charge is -2.22. The summed E-state index contributed by atoms with van der Waals surface area (Å²) in [4.78, 5) is 13.6. The minimum Gasteiger partial charge on any atom is -0.340 e. The Morgan fingerprint density at radius 2 is 1.96 bits per heavy atom. The molecule has 1 aliphatic heterocycles. The van der Waals surface area contributed by atoms with E-state index in [4.69, 9.17) is 0 Å². The van der Waals surface area contributed by atoms with E-state index < -0.39 is 0 Å². The van der Waals surface area contributed by atoms with Crippen LogP contribution < -0.4 is 0 Å². The van der Waals surface area contributed by atoms with E-state index in [1.165, 1.54) is 5.56 Å². The van der Waals surface area contributed by atoms with Crippen molar-refractivity contribution in [3.05, 3.63) is 47.7 Å². The summed E-state index contributed by atoms with van der Waals surface area (Å²) < 4.78 is 0. The van der Waals surface area contributed by atoms with Gasteiger partial charge in [-0.25, -0.2) is 0 Å². The number of amides is 1. The molecule has 1 aromatic heterocycles. The lowest BCUT2D eigenvalue weighted by Crippen LogP contribution is -2.33. The van der Waals surface area contributed by atoms with Gasteiger partial charge in [0.25, 0.3) is 0 Å². The SMILES string of the molecule is CC(=O)N1CCC[C@H]1CCc1ccc(-c2ccc(C)cc2)nn1. The van der Waals surface area contributed by atoms with E-state index in [1.807, 2.05) is 11.0 Å². The zero-order valence-corrected chi connectivity index (χ0v) is 13.8. The van der Waals surface area contributed by atoms with Crippen LogP contribution in [-0.2, 0) is 11.2 Å². The van der Waals surface area contributed by atoms with Crippen molar-refractivity contribution in [2.24, 2.45) is 0 Å². The molecular formula is C19H23N3O. The van der Waals surface area contributed by atoms with Gasteiger partial charge in [0.1, 0.15) is 0 Å². The van der Waals surface area contributed by atoms with Gasteiger partial charge in [0.2, 0.25) is 5.91 Å². The summed E-state index contributed by atoms with van der Waals surface area (Å²) in [7, 11) is 0. The van der Waals surface area contributed by atoms with Crippen LogP contribution in [0.3, 0.4) is 0 Å². The molecule has 0 aliphatic carbocycles. The quantitative estimate of drug-likeness (QED) is 0.869. The van der Waals surface area contributed by atoms with Crippen molar-refractivity contribution < 1.29 is 4.79 Å². The summed E-state index contributed by atoms with van der Waals surface area (Å²) in [5, 5.41) is 8.70. The van der Waals surface area contributed by atoms with Gasteiger partial charge in [-0.2, -0.15) is 10.2 Å². The highest BCUT2D eigenvalue weighted by molar-refractivity contribution is 5.73. The average molecular weight is 309 g/mol. The second-order valence-electron chi connectivity index (χ2n) is 6.32. The van der Waals surface area contributed by atoms with Gasteiger partial charge in [-0.1, -0.05) is 29.8 Å². The highest BCUT2D eigenvalue weighted by Gasteiger charge is 2.25. The molecule has 0 radical (unpaired) electrons. The zero-order valence-electron chi connectivity index (χ0n) is 13.8. The van der Waals surface area contributed by atoms with E-state index in [0.717, 1.165) is 49.2 Å². The van der Waals surface area contributed by atoms with Crippen LogP contribution in [0, 0.1) is 6.92 Å². The standard InChI is InChI=1S/C19H23N3O/c1-14-5-7-16(8-6-14)19-12-10-17(20-21-19)9-11-18-4-3-13-22(18)15(2)23/h5-8,10,12,18H,3-4,9,11,13H2,1-2H3/t18-/m0/s1. The normalized spacial score (nSPS) is 17.5. The van der Waals surface area contributed by atoms with E-state index in [9.17, 15) is 4.79 Å². The van der Waals surface area contributed by atoms with Gasteiger partial charge in [0.05, 0.1) is 11.4 Å². The van der Waals surface area contributed by atoms with Crippen molar-refractivity contribution in [2.75, 3.05) is 6.54 Å². The molecule has 1 atom stereocenters. The maximum atomic E-state index is 11.6. The van der Waals surface area contributed by atoms with Crippen LogP contribution in [0.5, 0.6) is 0 Å². The van der Waals surface area contributed by atoms with Crippen LogP contribution in [0.25, 0.3) is 11.3 Å². The number of aromatic nitrogens is 2. The van der Waals surface area contributed by atoms with Crippen molar-refractivity contribution in [1.29, 1.82) is 0 Å². The van der Waals surface area contributed by atoms with Crippen molar-refractivity contribution >= 4 is 5.91 Å². The monoisotopic (exact) mass is 309 g/mol.